The first-order chi connectivity index (χ1) is 21.9. The maximum Gasteiger partial charge on any atom is 1.00 e. The summed E-state index contributed by atoms with van der Waals surface area (Å²) in [5.74, 6) is -0.496. The minimum absolute atomic E-state index is 0. The Labute approximate surface area is 361 Å². The van der Waals surface area contributed by atoms with Crippen molar-refractivity contribution in [3.63, 3.8) is 0 Å². The van der Waals surface area contributed by atoms with E-state index in [-0.39, 0.29) is 146 Å². The van der Waals surface area contributed by atoms with E-state index in [1.54, 1.807) is 0 Å². The van der Waals surface area contributed by atoms with Crippen LogP contribution < -0.4 is 95.9 Å². The van der Waals surface area contributed by atoms with Gasteiger partial charge in [-0.2, -0.15) is 0 Å². The standard InChI is InChI=1S/C44H56O4.4Li/c1-41(2,3)33-17-25-13-27-19-34(42(4,5)6)21-29(38(27)46)15-31-23-36(44(10,11)12)24-32(40(31)48)16-30-22-35(43(7,8)9)20-28(39(30)47)14-26(18-33)37(25)45;;;;/h17-24,45-48H,13-16H2,1-12H3;;;;/q;4*+1/p-4. The van der Waals surface area contributed by atoms with Gasteiger partial charge in [-0.05, 0) is 69.6 Å². The Morgan fingerprint density at radius 1 is 0.288 bits per heavy atom. The van der Waals surface area contributed by atoms with E-state index in [4.69, 9.17) is 0 Å². The maximum atomic E-state index is 14.3. The molecular weight excluding hydrogens is 620 g/mol. The molecule has 52 heavy (non-hydrogen) atoms. The van der Waals surface area contributed by atoms with Crippen molar-refractivity contribution in [3.8, 4) is 23.0 Å². The van der Waals surface area contributed by atoms with Crippen molar-refractivity contribution in [3.05, 3.63) is 115 Å². The molecule has 0 aliphatic heterocycles. The molecule has 0 fully saturated rings. The third-order valence-electron chi connectivity index (χ3n) is 9.96. The minimum atomic E-state index is -0.256. The topological polar surface area (TPSA) is 92.2 Å². The summed E-state index contributed by atoms with van der Waals surface area (Å²) in [4.78, 5) is 0. The van der Waals surface area contributed by atoms with Gasteiger partial charge in [-0.25, -0.2) is 0 Å². The van der Waals surface area contributed by atoms with E-state index in [0.717, 1.165) is 22.3 Å². The van der Waals surface area contributed by atoms with E-state index in [0.29, 0.717) is 44.5 Å². The van der Waals surface area contributed by atoms with Gasteiger partial charge < -0.3 is 20.4 Å². The Morgan fingerprint density at radius 2 is 0.404 bits per heavy atom. The third-order valence-corrected chi connectivity index (χ3v) is 9.96. The smallest absolute Gasteiger partial charge is 0.872 e. The van der Waals surface area contributed by atoms with E-state index in [1.807, 2.05) is 48.5 Å². The SMILES string of the molecule is CC(C)(C)c1cc2c([O-])c(c1)Cc1cc(C(C)(C)C)cc(c1[O-])Cc1cc(C(C)(C)C)cc(c1[O-])Cc1cc(C(C)(C)C)cc(c1[O-])C2.[Li+].[Li+].[Li+].[Li+]. The normalized spacial score (nSPS) is 13.2. The van der Waals surface area contributed by atoms with Gasteiger partial charge in [0.2, 0.25) is 0 Å². The fourth-order valence-corrected chi connectivity index (χ4v) is 6.62. The number of benzene rings is 4. The first kappa shape index (κ1) is 48.5. The van der Waals surface area contributed by atoms with Crippen LogP contribution >= 0.6 is 0 Å². The van der Waals surface area contributed by atoms with Crippen LogP contribution in [-0.2, 0) is 47.3 Å². The van der Waals surface area contributed by atoms with E-state index in [2.05, 4.69) is 83.1 Å². The Bertz CT molecular complexity index is 1530. The number of hydrogen-bond acceptors (Lipinski definition) is 4. The molecule has 0 saturated carbocycles. The van der Waals surface area contributed by atoms with Gasteiger partial charge in [-0.3, -0.25) is 0 Å². The van der Waals surface area contributed by atoms with Gasteiger partial charge >= 0.3 is 75.4 Å². The number of hydrogen-bond donors (Lipinski definition) is 0. The molecule has 4 nitrogen and oxygen atoms in total. The average Bonchev–Trinajstić information content (AvgIpc) is 2.93. The van der Waals surface area contributed by atoms with Crippen molar-refractivity contribution in [1.29, 1.82) is 0 Å². The van der Waals surface area contributed by atoms with Gasteiger partial charge in [-0.1, -0.05) is 176 Å². The van der Waals surface area contributed by atoms with Crippen LogP contribution in [0.2, 0.25) is 0 Å². The molecule has 8 heteroatoms. The molecule has 8 bridgehead atoms. The van der Waals surface area contributed by atoms with Crippen molar-refractivity contribution in [2.45, 2.75) is 130 Å². The van der Waals surface area contributed by atoms with Crippen molar-refractivity contribution in [2.24, 2.45) is 0 Å². The molecule has 4 aromatic rings. The molecule has 1 aliphatic carbocycles. The van der Waals surface area contributed by atoms with E-state index < -0.39 is 0 Å². The van der Waals surface area contributed by atoms with Crippen LogP contribution in [0.4, 0.5) is 0 Å². The van der Waals surface area contributed by atoms with Crippen molar-refractivity contribution in [1.82, 2.24) is 0 Å². The number of rotatable bonds is 0. The second-order valence-corrected chi connectivity index (χ2v) is 18.2. The zero-order valence-electron chi connectivity index (χ0n) is 35.1. The largest absolute Gasteiger partial charge is 1.00 e. The second kappa shape index (κ2) is 17.1. The molecule has 1 aliphatic rings. The monoisotopic (exact) mass is 672 g/mol. The summed E-state index contributed by atoms with van der Waals surface area (Å²) in [6.07, 6.45) is 0.724. The van der Waals surface area contributed by atoms with Gasteiger partial charge in [0, 0.05) is 0 Å². The fourth-order valence-electron chi connectivity index (χ4n) is 6.62. The molecular formula is C44H52Li4O4. The summed E-state index contributed by atoms with van der Waals surface area (Å²) in [6, 6.07) is 15.6. The Hall–Kier alpha value is -1.53. The van der Waals surface area contributed by atoms with Crippen molar-refractivity contribution in [2.75, 3.05) is 0 Å². The first-order valence-corrected chi connectivity index (χ1v) is 17.3. The molecule has 4 aromatic carbocycles. The Morgan fingerprint density at radius 3 is 0.500 bits per heavy atom. The van der Waals surface area contributed by atoms with Crippen LogP contribution in [0.1, 0.15) is 150 Å². The summed E-state index contributed by atoms with van der Waals surface area (Å²) in [5, 5.41) is 57.1. The minimum Gasteiger partial charge on any atom is -0.872 e. The van der Waals surface area contributed by atoms with Gasteiger partial charge in [0.1, 0.15) is 0 Å². The zero-order valence-corrected chi connectivity index (χ0v) is 35.1. The third kappa shape index (κ3) is 10.4. The van der Waals surface area contributed by atoms with Crippen LogP contribution in [0.15, 0.2) is 48.5 Å². The molecule has 0 unspecified atom stereocenters. The Kier molecular flexibility index (Phi) is 15.9. The predicted octanol–water partition coefficient (Wildman–Crippen LogP) is -4.14. The molecule has 0 amide bonds. The zero-order chi connectivity index (χ0) is 35.7. The molecule has 0 N–H and O–H groups in total. The van der Waals surface area contributed by atoms with Gasteiger partial charge in [0.05, 0.1) is 0 Å². The van der Waals surface area contributed by atoms with E-state index in [1.165, 1.54) is 0 Å². The van der Waals surface area contributed by atoms with E-state index in [9.17, 15) is 20.4 Å². The first-order valence-electron chi connectivity index (χ1n) is 17.3. The van der Waals surface area contributed by atoms with Crippen molar-refractivity contribution < 1.29 is 95.9 Å². The van der Waals surface area contributed by atoms with Crippen LogP contribution in [0.25, 0.3) is 0 Å². The average molecular weight is 673 g/mol. The molecule has 0 radical (unpaired) electrons. The molecule has 5 rings (SSSR count). The predicted molar refractivity (Wildman–Crippen MR) is 190 cm³/mol. The summed E-state index contributed by atoms with van der Waals surface area (Å²) in [5.41, 5.74) is 7.39. The molecule has 0 aromatic heterocycles. The van der Waals surface area contributed by atoms with Crippen LogP contribution in [0.5, 0.6) is 23.0 Å². The van der Waals surface area contributed by atoms with Crippen molar-refractivity contribution >= 4 is 0 Å². The van der Waals surface area contributed by atoms with Gasteiger partial charge in [-0.15, -0.1) is 23.0 Å². The molecule has 256 valence electrons. The molecule has 0 saturated heterocycles. The van der Waals surface area contributed by atoms with Crippen LogP contribution in [0.3, 0.4) is 0 Å². The fraction of sp³-hybridized carbons (Fsp3) is 0.455. The van der Waals surface area contributed by atoms with E-state index >= 15 is 0 Å². The molecule has 0 atom stereocenters. The summed E-state index contributed by atoms with van der Waals surface area (Å²) >= 11 is 0. The number of fused-ring (bicyclic) bond motifs is 8. The van der Waals surface area contributed by atoms with Crippen LogP contribution in [0, 0.1) is 0 Å². The molecule has 0 heterocycles. The summed E-state index contributed by atoms with van der Waals surface area (Å²) in [6.45, 7) is 25.3. The maximum absolute atomic E-state index is 14.3. The Balaban J connectivity index is 0.00000338. The summed E-state index contributed by atoms with van der Waals surface area (Å²) < 4.78 is 0. The van der Waals surface area contributed by atoms with Gasteiger partial charge in [0.25, 0.3) is 0 Å². The summed E-state index contributed by atoms with van der Waals surface area (Å²) in [7, 11) is 0. The molecule has 0 spiro atoms. The quantitative estimate of drug-likeness (QED) is 0.157. The van der Waals surface area contributed by atoms with Crippen LogP contribution in [-0.4, -0.2) is 0 Å². The van der Waals surface area contributed by atoms with Gasteiger partial charge in [0.15, 0.2) is 0 Å². The second-order valence-electron chi connectivity index (χ2n) is 18.2.